The van der Waals surface area contributed by atoms with Crippen LogP contribution >= 0.6 is 23.2 Å². The molecule has 2 aromatic rings. The molecule has 2 N–H and O–H groups in total. The zero-order valence-corrected chi connectivity index (χ0v) is 10.3. The van der Waals surface area contributed by atoms with Gasteiger partial charge in [-0.1, -0.05) is 23.2 Å². The number of benzene rings is 1. The van der Waals surface area contributed by atoms with Crippen LogP contribution in [-0.2, 0) is 13.6 Å². The fourth-order valence-electron chi connectivity index (χ4n) is 1.53. The van der Waals surface area contributed by atoms with Gasteiger partial charge in [-0.15, -0.1) is 0 Å². The van der Waals surface area contributed by atoms with Gasteiger partial charge in [-0.25, -0.2) is 0 Å². The van der Waals surface area contributed by atoms with Gasteiger partial charge in [0.05, 0.1) is 16.4 Å². The summed E-state index contributed by atoms with van der Waals surface area (Å²) in [5, 5.41) is 5.56. The third kappa shape index (κ3) is 2.07. The molecule has 0 fully saturated rings. The Hall–Kier alpha value is -1.03. The summed E-state index contributed by atoms with van der Waals surface area (Å²) in [4.78, 5) is 0. The minimum Gasteiger partial charge on any atom is -0.325 e. The van der Waals surface area contributed by atoms with Crippen molar-refractivity contribution in [2.24, 2.45) is 12.8 Å². The van der Waals surface area contributed by atoms with E-state index in [2.05, 4.69) is 5.10 Å². The highest BCUT2D eigenvalue weighted by Gasteiger charge is 2.09. The van der Waals surface area contributed by atoms with Crippen molar-refractivity contribution in [1.29, 1.82) is 0 Å². The molecule has 0 unspecified atom stereocenters. The molecular weight excluding hydrogens is 245 g/mol. The summed E-state index contributed by atoms with van der Waals surface area (Å²) in [6.07, 6.45) is 0. The van der Waals surface area contributed by atoms with Gasteiger partial charge < -0.3 is 5.73 Å². The first-order valence-corrected chi connectivity index (χ1v) is 5.56. The Morgan fingerprint density at radius 1 is 1.31 bits per heavy atom. The summed E-state index contributed by atoms with van der Waals surface area (Å²) in [5.41, 5.74) is 8.22. The van der Waals surface area contributed by atoms with E-state index in [1.165, 1.54) is 0 Å². The smallest absolute Gasteiger partial charge is 0.0941 e. The van der Waals surface area contributed by atoms with Gasteiger partial charge in [0, 0.05) is 24.2 Å². The molecular formula is C11H11Cl2N3. The predicted octanol–water partition coefficient (Wildman–Crippen LogP) is 2.85. The minimum atomic E-state index is 0.453. The summed E-state index contributed by atoms with van der Waals surface area (Å²) < 4.78 is 1.75. The molecule has 0 amide bonds. The SMILES string of the molecule is Cn1nc(-c2ccc(Cl)cc2Cl)cc1CN. The second kappa shape index (κ2) is 4.45. The number of nitrogens with two attached hydrogens (primary N) is 1. The van der Waals surface area contributed by atoms with Crippen molar-refractivity contribution in [2.45, 2.75) is 6.54 Å². The summed E-state index contributed by atoms with van der Waals surface area (Å²) in [5.74, 6) is 0. The second-order valence-electron chi connectivity index (χ2n) is 3.47. The summed E-state index contributed by atoms with van der Waals surface area (Å²) in [6.45, 7) is 0.453. The molecule has 3 nitrogen and oxygen atoms in total. The van der Waals surface area contributed by atoms with Crippen molar-refractivity contribution >= 4 is 23.2 Å². The third-order valence-electron chi connectivity index (χ3n) is 2.39. The topological polar surface area (TPSA) is 43.8 Å². The van der Waals surface area contributed by atoms with Crippen LogP contribution in [0.4, 0.5) is 0 Å². The van der Waals surface area contributed by atoms with E-state index in [0.29, 0.717) is 16.6 Å². The van der Waals surface area contributed by atoms with Crippen molar-refractivity contribution in [3.8, 4) is 11.3 Å². The van der Waals surface area contributed by atoms with Crippen LogP contribution < -0.4 is 5.73 Å². The summed E-state index contributed by atoms with van der Waals surface area (Å²) in [7, 11) is 1.86. The van der Waals surface area contributed by atoms with Gasteiger partial charge >= 0.3 is 0 Å². The van der Waals surface area contributed by atoms with Crippen LogP contribution in [0.1, 0.15) is 5.69 Å². The van der Waals surface area contributed by atoms with E-state index in [4.69, 9.17) is 28.9 Å². The number of hydrogen-bond acceptors (Lipinski definition) is 2. The normalized spacial score (nSPS) is 10.8. The maximum absolute atomic E-state index is 6.10. The molecule has 0 spiro atoms. The van der Waals surface area contributed by atoms with Gasteiger partial charge in [-0.2, -0.15) is 5.10 Å². The molecule has 2 rings (SSSR count). The molecule has 0 aliphatic carbocycles. The van der Waals surface area contributed by atoms with Crippen molar-refractivity contribution in [1.82, 2.24) is 9.78 Å². The highest BCUT2D eigenvalue weighted by atomic mass is 35.5. The third-order valence-corrected chi connectivity index (χ3v) is 2.94. The van der Waals surface area contributed by atoms with E-state index in [-0.39, 0.29) is 0 Å². The predicted molar refractivity (Wildman–Crippen MR) is 66.6 cm³/mol. The zero-order chi connectivity index (χ0) is 11.7. The van der Waals surface area contributed by atoms with Crippen LogP contribution in [0, 0.1) is 0 Å². The fourth-order valence-corrected chi connectivity index (χ4v) is 2.03. The average molecular weight is 256 g/mol. The number of aromatic nitrogens is 2. The molecule has 1 aromatic heterocycles. The lowest BCUT2D eigenvalue weighted by Gasteiger charge is -2.00. The minimum absolute atomic E-state index is 0.453. The van der Waals surface area contributed by atoms with Crippen LogP contribution in [0.5, 0.6) is 0 Å². The lowest BCUT2D eigenvalue weighted by molar-refractivity contribution is 0.714. The van der Waals surface area contributed by atoms with Gasteiger partial charge in [0.15, 0.2) is 0 Å². The average Bonchev–Trinajstić information content (AvgIpc) is 2.59. The molecule has 1 aromatic carbocycles. The molecule has 1 heterocycles. The first-order valence-electron chi connectivity index (χ1n) is 4.80. The first kappa shape index (κ1) is 11.5. The molecule has 5 heteroatoms. The van der Waals surface area contributed by atoms with Crippen LogP contribution in [-0.4, -0.2) is 9.78 Å². The first-order chi connectivity index (χ1) is 7.61. The molecule has 16 heavy (non-hydrogen) atoms. The van der Waals surface area contributed by atoms with Crippen LogP contribution in [0.3, 0.4) is 0 Å². The summed E-state index contributed by atoms with van der Waals surface area (Å²) in [6, 6.07) is 7.28. The molecule has 0 aliphatic heterocycles. The Balaban J connectivity index is 2.50. The molecule has 0 radical (unpaired) electrons. The van der Waals surface area contributed by atoms with Crippen molar-refractivity contribution in [2.75, 3.05) is 0 Å². The molecule has 84 valence electrons. The molecule has 0 atom stereocenters. The van der Waals surface area contributed by atoms with Gasteiger partial charge in [0.25, 0.3) is 0 Å². The number of nitrogens with zero attached hydrogens (tertiary/aromatic N) is 2. The standard InChI is InChI=1S/C11H11Cl2N3/c1-16-8(6-14)5-11(15-16)9-3-2-7(12)4-10(9)13/h2-5H,6,14H2,1H3. The van der Waals surface area contributed by atoms with E-state index in [1.54, 1.807) is 16.8 Å². The Morgan fingerprint density at radius 2 is 2.06 bits per heavy atom. The van der Waals surface area contributed by atoms with Gasteiger partial charge in [0.1, 0.15) is 0 Å². The number of aryl methyl sites for hydroxylation is 1. The lowest BCUT2D eigenvalue weighted by Crippen LogP contribution is -2.03. The van der Waals surface area contributed by atoms with Crippen LogP contribution in [0.15, 0.2) is 24.3 Å². The fraction of sp³-hybridized carbons (Fsp3) is 0.182. The Kier molecular flexibility index (Phi) is 3.19. The molecule has 0 saturated heterocycles. The van der Waals surface area contributed by atoms with Gasteiger partial charge in [0.2, 0.25) is 0 Å². The highest BCUT2D eigenvalue weighted by molar-refractivity contribution is 6.36. The van der Waals surface area contributed by atoms with Gasteiger partial charge in [-0.3, -0.25) is 4.68 Å². The monoisotopic (exact) mass is 255 g/mol. The number of rotatable bonds is 2. The van der Waals surface area contributed by atoms with Crippen molar-refractivity contribution in [3.05, 3.63) is 40.0 Å². The molecule has 0 saturated carbocycles. The maximum Gasteiger partial charge on any atom is 0.0941 e. The van der Waals surface area contributed by atoms with E-state index in [1.807, 2.05) is 19.2 Å². The van der Waals surface area contributed by atoms with Crippen LogP contribution in [0.25, 0.3) is 11.3 Å². The second-order valence-corrected chi connectivity index (χ2v) is 4.32. The van der Waals surface area contributed by atoms with Crippen molar-refractivity contribution < 1.29 is 0 Å². The quantitative estimate of drug-likeness (QED) is 0.897. The molecule has 0 bridgehead atoms. The van der Waals surface area contributed by atoms with Crippen LogP contribution in [0.2, 0.25) is 10.0 Å². The van der Waals surface area contributed by atoms with E-state index >= 15 is 0 Å². The van der Waals surface area contributed by atoms with E-state index in [0.717, 1.165) is 17.0 Å². The Bertz CT molecular complexity index is 520. The zero-order valence-electron chi connectivity index (χ0n) is 8.74. The lowest BCUT2D eigenvalue weighted by atomic mass is 10.1. The largest absolute Gasteiger partial charge is 0.325 e. The highest BCUT2D eigenvalue weighted by Crippen LogP contribution is 2.29. The van der Waals surface area contributed by atoms with Gasteiger partial charge in [-0.05, 0) is 24.3 Å². The number of halogens is 2. The summed E-state index contributed by atoms with van der Waals surface area (Å²) >= 11 is 11.9. The Morgan fingerprint density at radius 3 is 2.62 bits per heavy atom. The van der Waals surface area contributed by atoms with E-state index in [9.17, 15) is 0 Å². The maximum atomic E-state index is 6.10. The number of hydrogen-bond donors (Lipinski definition) is 1. The Labute approximate surface area is 104 Å². The van der Waals surface area contributed by atoms with E-state index < -0.39 is 0 Å². The van der Waals surface area contributed by atoms with Crippen molar-refractivity contribution in [3.63, 3.8) is 0 Å². The molecule has 0 aliphatic rings.